The number of nitrogens with one attached hydrogen (secondary N) is 1. The van der Waals surface area contributed by atoms with E-state index < -0.39 is 0 Å². The number of carbonyl (C=O) groups excluding carboxylic acids is 1. The molecule has 0 spiro atoms. The summed E-state index contributed by atoms with van der Waals surface area (Å²) >= 11 is 0. The smallest absolute Gasteiger partial charge is 0.322 e. The third-order valence-corrected chi connectivity index (χ3v) is 4.61. The van der Waals surface area contributed by atoms with Crippen molar-refractivity contribution in [2.75, 3.05) is 11.9 Å². The SMILES string of the molecule is N#Cc1ccc(NC(=O)N2CCCC2c2nc(-c3ccc(F)cc3)no2)cc1. The van der Waals surface area contributed by atoms with E-state index in [0.717, 1.165) is 6.42 Å². The molecule has 0 bridgehead atoms. The number of nitriles is 1. The molecule has 2 aromatic carbocycles. The van der Waals surface area contributed by atoms with E-state index in [1.54, 1.807) is 41.3 Å². The van der Waals surface area contributed by atoms with E-state index in [9.17, 15) is 9.18 Å². The standard InChI is InChI=1S/C20H16FN5O2/c21-15-7-5-14(6-8-15)18-24-19(28-25-18)17-2-1-11-26(17)20(27)23-16-9-3-13(12-22)4-10-16/h3-10,17H,1-2,11H2,(H,23,27). The Hall–Kier alpha value is -3.73. The monoisotopic (exact) mass is 377 g/mol. The summed E-state index contributed by atoms with van der Waals surface area (Å²) in [5, 5.41) is 15.6. The van der Waals surface area contributed by atoms with Gasteiger partial charge in [0.25, 0.3) is 0 Å². The first-order valence-electron chi connectivity index (χ1n) is 8.81. The first-order valence-corrected chi connectivity index (χ1v) is 8.81. The summed E-state index contributed by atoms with van der Waals surface area (Å²) in [6.45, 7) is 0.570. The van der Waals surface area contributed by atoms with Crippen LogP contribution < -0.4 is 5.32 Å². The minimum atomic E-state index is -0.339. The molecule has 1 fully saturated rings. The van der Waals surface area contributed by atoms with Gasteiger partial charge in [0.15, 0.2) is 0 Å². The fourth-order valence-corrected chi connectivity index (χ4v) is 3.18. The number of amides is 2. The third-order valence-electron chi connectivity index (χ3n) is 4.61. The largest absolute Gasteiger partial charge is 0.337 e. The predicted molar refractivity (Wildman–Crippen MR) is 98.5 cm³/mol. The molecule has 2 amide bonds. The Morgan fingerprint density at radius 3 is 2.68 bits per heavy atom. The maximum Gasteiger partial charge on any atom is 0.322 e. The van der Waals surface area contributed by atoms with Gasteiger partial charge in [-0.2, -0.15) is 10.2 Å². The lowest BCUT2D eigenvalue weighted by molar-refractivity contribution is 0.193. The molecule has 1 atom stereocenters. The average Bonchev–Trinajstić information content (AvgIpc) is 3.38. The van der Waals surface area contributed by atoms with Crippen LogP contribution in [0.3, 0.4) is 0 Å². The van der Waals surface area contributed by atoms with Gasteiger partial charge in [0.05, 0.1) is 11.6 Å². The van der Waals surface area contributed by atoms with Crippen molar-refractivity contribution in [1.29, 1.82) is 5.26 Å². The number of halogens is 1. The lowest BCUT2D eigenvalue weighted by Crippen LogP contribution is -2.34. The Kier molecular flexibility index (Phi) is 4.72. The molecule has 1 saturated heterocycles. The van der Waals surface area contributed by atoms with Crippen LogP contribution in [0.2, 0.25) is 0 Å². The molecule has 3 aromatic rings. The lowest BCUT2D eigenvalue weighted by atomic mass is 10.2. The molecule has 1 N–H and O–H groups in total. The van der Waals surface area contributed by atoms with Crippen molar-refractivity contribution in [2.45, 2.75) is 18.9 Å². The van der Waals surface area contributed by atoms with Crippen LogP contribution in [-0.2, 0) is 0 Å². The van der Waals surface area contributed by atoms with Crippen molar-refractivity contribution >= 4 is 11.7 Å². The van der Waals surface area contributed by atoms with Crippen molar-refractivity contribution in [3.8, 4) is 17.5 Å². The van der Waals surface area contributed by atoms with Gasteiger partial charge in [-0.05, 0) is 61.4 Å². The fraction of sp³-hybridized carbons (Fsp3) is 0.200. The van der Waals surface area contributed by atoms with E-state index in [-0.39, 0.29) is 17.9 Å². The molecule has 4 rings (SSSR count). The summed E-state index contributed by atoms with van der Waals surface area (Å²) in [4.78, 5) is 18.7. The van der Waals surface area contributed by atoms with Crippen LogP contribution in [0, 0.1) is 17.1 Å². The summed E-state index contributed by atoms with van der Waals surface area (Å²) in [5.74, 6) is 0.370. The summed E-state index contributed by atoms with van der Waals surface area (Å²) in [6, 6.07) is 13.9. The van der Waals surface area contributed by atoms with Crippen molar-refractivity contribution in [3.63, 3.8) is 0 Å². The molecular formula is C20H16FN5O2. The van der Waals surface area contributed by atoms with Gasteiger partial charge in [-0.15, -0.1) is 0 Å². The lowest BCUT2D eigenvalue weighted by Gasteiger charge is -2.22. The normalized spacial score (nSPS) is 16.0. The molecule has 0 radical (unpaired) electrons. The molecule has 7 nitrogen and oxygen atoms in total. The number of anilines is 1. The van der Waals surface area contributed by atoms with Crippen LogP contribution in [0.1, 0.15) is 30.3 Å². The molecule has 0 aliphatic carbocycles. The van der Waals surface area contributed by atoms with Gasteiger partial charge in [0.2, 0.25) is 11.7 Å². The Morgan fingerprint density at radius 2 is 1.96 bits per heavy atom. The van der Waals surface area contributed by atoms with Crippen LogP contribution in [-0.4, -0.2) is 27.6 Å². The highest BCUT2D eigenvalue weighted by molar-refractivity contribution is 5.89. The minimum absolute atomic E-state index is 0.270. The minimum Gasteiger partial charge on any atom is -0.337 e. The van der Waals surface area contributed by atoms with Crippen molar-refractivity contribution in [2.24, 2.45) is 0 Å². The van der Waals surface area contributed by atoms with E-state index in [0.29, 0.717) is 41.5 Å². The van der Waals surface area contributed by atoms with Crippen LogP contribution >= 0.6 is 0 Å². The molecule has 1 unspecified atom stereocenters. The maximum atomic E-state index is 13.1. The van der Waals surface area contributed by atoms with Crippen LogP contribution in [0.4, 0.5) is 14.9 Å². The summed E-state index contributed by atoms with van der Waals surface area (Å²) in [7, 11) is 0. The van der Waals surface area contributed by atoms with E-state index >= 15 is 0 Å². The first kappa shape index (κ1) is 17.7. The molecular weight excluding hydrogens is 361 g/mol. The van der Waals surface area contributed by atoms with Crippen molar-refractivity contribution < 1.29 is 13.7 Å². The molecule has 2 heterocycles. The molecule has 1 aliphatic rings. The predicted octanol–water partition coefficient (Wildman–Crippen LogP) is 4.12. The molecule has 28 heavy (non-hydrogen) atoms. The second-order valence-corrected chi connectivity index (χ2v) is 6.43. The number of benzene rings is 2. The number of rotatable bonds is 3. The van der Waals surface area contributed by atoms with Gasteiger partial charge in [0.1, 0.15) is 11.9 Å². The Bertz CT molecular complexity index is 1020. The van der Waals surface area contributed by atoms with Crippen molar-refractivity contribution in [3.05, 3.63) is 65.8 Å². The Balaban J connectivity index is 1.49. The number of aromatic nitrogens is 2. The van der Waals surface area contributed by atoms with Crippen molar-refractivity contribution in [1.82, 2.24) is 15.0 Å². The van der Waals surface area contributed by atoms with Crippen LogP contribution in [0.15, 0.2) is 53.1 Å². The first-order chi connectivity index (χ1) is 13.6. The summed E-state index contributed by atoms with van der Waals surface area (Å²) in [5.41, 5.74) is 1.77. The summed E-state index contributed by atoms with van der Waals surface area (Å²) < 4.78 is 18.5. The van der Waals surface area contributed by atoms with Gasteiger partial charge < -0.3 is 14.7 Å². The summed E-state index contributed by atoms with van der Waals surface area (Å²) in [6.07, 6.45) is 1.53. The highest BCUT2D eigenvalue weighted by atomic mass is 19.1. The Labute approximate surface area is 160 Å². The zero-order valence-corrected chi connectivity index (χ0v) is 14.8. The second kappa shape index (κ2) is 7.48. The number of hydrogen-bond donors (Lipinski definition) is 1. The average molecular weight is 377 g/mol. The maximum absolute atomic E-state index is 13.1. The molecule has 1 aromatic heterocycles. The fourth-order valence-electron chi connectivity index (χ4n) is 3.18. The van der Waals surface area contributed by atoms with Gasteiger partial charge in [-0.25, -0.2) is 9.18 Å². The molecule has 0 saturated carbocycles. The van der Waals surface area contributed by atoms with E-state index in [1.165, 1.54) is 12.1 Å². The molecule has 8 heteroatoms. The Morgan fingerprint density at radius 1 is 1.21 bits per heavy atom. The highest BCUT2D eigenvalue weighted by Crippen LogP contribution is 2.32. The molecule has 1 aliphatic heterocycles. The number of nitrogens with zero attached hydrogens (tertiary/aromatic N) is 4. The number of likely N-dealkylation sites (tertiary alicyclic amines) is 1. The second-order valence-electron chi connectivity index (χ2n) is 6.43. The van der Waals surface area contributed by atoms with E-state index in [4.69, 9.17) is 9.78 Å². The zero-order valence-electron chi connectivity index (χ0n) is 14.8. The number of hydrogen-bond acceptors (Lipinski definition) is 5. The van der Waals surface area contributed by atoms with E-state index in [1.807, 2.05) is 6.07 Å². The quantitative estimate of drug-likeness (QED) is 0.741. The van der Waals surface area contributed by atoms with Gasteiger partial charge in [-0.3, -0.25) is 0 Å². The number of urea groups is 1. The van der Waals surface area contributed by atoms with Gasteiger partial charge >= 0.3 is 6.03 Å². The molecule has 140 valence electrons. The van der Waals surface area contributed by atoms with E-state index in [2.05, 4.69) is 15.5 Å². The van der Waals surface area contributed by atoms with Gasteiger partial charge in [-0.1, -0.05) is 5.16 Å². The highest BCUT2D eigenvalue weighted by Gasteiger charge is 2.34. The zero-order chi connectivity index (χ0) is 19.5. The van der Waals surface area contributed by atoms with Crippen LogP contribution in [0.25, 0.3) is 11.4 Å². The third kappa shape index (κ3) is 3.55. The number of carbonyl (C=O) groups is 1. The van der Waals surface area contributed by atoms with Gasteiger partial charge in [0, 0.05) is 17.8 Å². The topological polar surface area (TPSA) is 95.1 Å². The van der Waals surface area contributed by atoms with Crippen LogP contribution in [0.5, 0.6) is 0 Å².